The van der Waals surface area contributed by atoms with Crippen LogP contribution in [0, 0.1) is 0 Å². The van der Waals surface area contributed by atoms with Crippen LogP contribution in [0.15, 0.2) is 42.5 Å². The van der Waals surface area contributed by atoms with E-state index in [2.05, 4.69) is 16.3 Å². The average molecular weight is 419 g/mol. The van der Waals surface area contributed by atoms with Gasteiger partial charge in [0.25, 0.3) is 0 Å². The van der Waals surface area contributed by atoms with Crippen LogP contribution < -0.4 is 14.8 Å². The van der Waals surface area contributed by atoms with Crippen LogP contribution in [0.25, 0.3) is 0 Å². The van der Waals surface area contributed by atoms with Crippen LogP contribution in [0.4, 0.5) is 0 Å². The number of methoxy groups -OCH3 is 1. The molecule has 1 fully saturated rings. The number of nitrogens with zero attached hydrogens (tertiary/aromatic N) is 1. The lowest BCUT2D eigenvalue weighted by molar-refractivity contribution is 0.0747. The Morgan fingerprint density at radius 1 is 1.10 bits per heavy atom. The first-order valence-corrected chi connectivity index (χ1v) is 10.7. The van der Waals surface area contributed by atoms with E-state index in [1.165, 1.54) is 18.4 Å². The summed E-state index contributed by atoms with van der Waals surface area (Å²) >= 11 is 6.02. The van der Waals surface area contributed by atoms with E-state index >= 15 is 0 Å². The Hall–Kier alpha value is -1.79. The van der Waals surface area contributed by atoms with Crippen molar-refractivity contribution in [2.75, 3.05) is 39.9 Å². The number of aliphatic hydroxyl groups excluding tert-OH is 1. The van der Waals surface area contributed by atoms with Gasteiger partial charge >= 0.3 is 0 Å². The molecule has 6 heteroatoms. The van der Waals surface area contributed by atoms with Crippen molar-refractivity contribution < 1.29 is 14.6 Å². The van der Waals surface area contributed by atoms with E-state index in [0.717, 1.165) is 43.2 Å². The summed E-state index contributed by atoms with van der Waals surface area (Å²) in [6.07, 6.45) is 2.87. The minimum absolute atomic E-state index is 0.268. The second-order valence-electron chi connectivity index (χ2n) is 7.51. The molecule has 29 heavy (non-hydrogen) atoms. The highest BCUT2D eigenvalue weighted by Gasteiger charge is 2.17. The molecule has 0 bridgehead atoms. The number of rotatable bonds is 11. The maximum Gasteiger partial charge on any atom is 0.161 e. The molecular formula is C23H31ClN2O3. The van der Waals surface area contributed by atoms with Gasteiger partial charge < -0.3 is 24.8 Å². The molecule has 1 aliphatic heterocycles. The van der Waals surface area contributed by atoms with Crippen LogP contribution in [0.1, 0.15) is 24.0 Å². The summed E-state index contributed by atoms with van der Waals surface area (Å²) in [5, 5.41) is 14.4. The third-order valence-electron chi connectivity index (χ3n) is 5.14. The molecule has 0 saturated carbocycles. The van der Waals surface area contributed by atoms with Crippen LogP contribution in [0.2, 0.25) is 5.02 Å². The minimum atomic E-state index is -0.495. The van der Waals surface area contributed by atoms with E-state index < -0.39 is 6.10 Å². The normalized spacial score (nSPS) is 15.4. The molecule has 1 saturated heterocycles. The van der Waals surface area contributed by atoms with Gasteiger partial charge in [-0.1, -0.05) is 29.8 Å². The van der Waals surface area contributed by atoms with Crippen molar-refractivity contribution in [3.63, 3.8) is 0 Å². The fourth-order valence-corrected chi connectivity index (χ4v) is 3.81. The van der Waals surface area contributed by atoms with E-state index in [4.69, 9.17) is 21.1 Å². The predicted octanol–water partition coefficient (Wildman–Crippen LogP) is 3.52. The Bertz CT molecular complexity index is 766. The number of hydrogen-bond donors (Lipinski definition) is 2. The predicted molar refractivity (Wildman–Crippen MR) is 117 cm³/mol. The van der Waals surface area contributed by atoms with Gasteiger partial charge in [-0.05, 0) is 74.3 Å². The van der Waals surface area contributed by atoms with Crippen LogP contribution in [0.3, 0.4) is 0 Å². The molecule has 1 heterocycles. The van der Waals surface area contributed by atoms with Gasteiger partial charge in [-0.25, -0.2) is 0 Å². The van der Waals surface area contributed by atoms with Crippen LogP contribution in [0.5, 0.6) is 11.5 Å². The van der Waals surface area contributed by atoms with Crippen molar-refractivity contribution in [3.8, 4) is 11.5 Å². The molecule has 3 rings (SSSR count). The Balaban J connectivity index is 1.43. The SMILES string of the molecule is COc1cc(CNCCc2cccc(Cl)c2)ccc1OC[C@@H](O)CN1CCCC1. The van der Waals surface area contributed by atoms with Gasteiger partial charge in [0, 0.05) is 18.1 Å². The second-order valence-corrected chi connectivity index (χ2v) is 7.95. The molecule has 1 aliphatic rings. The average Bonchev–Trinajstić information content (AvgIpc) is 3.23. The quantitative estimate of drug-likeness (QED) is 0.547. The highest BCUT2D eigenvalue weighted by molar-refractivity contribution is 6.30. The first-order valence-electron chi connectivity index (χ1n) is 10.3. The maximum absolute atomic E-state index is 10.2. The second kappa shape index (κ2) is 11.4. The maximum atomic E-state index is 10.2. The summed E-state index contributed by atoms with van der Waals surface area (Å²) in [6.45, 7) is 4.68. The molecule has 2 N–H and O–H groups in total. The summed E-state index contributed by atoms with van der Waals surface area (Å²) in [5.74, 6) is 1.35. The molecular weight excluding hydrogens is 388 g/mol. The topological polar surface area (TPSA) is 54.0 Å². The molecule has 1 atom stereocenters. The van der Waals surface area contributed by atoms with Gasteiger partial charge in [-0.15, -0.1) is 0 Å². The van der Waals surface area contributed by atoms with Crippen molar-refractivity contribution in [2.24, 2.45) is 0 Å². The highest BCUT2D eigenvalue weighted by Crippen LogP contribution is 2.28. The number of ether oxygens (including phenoxy) is 2. The fraction of sp³-hybridized carbons (Fsp3) is 0.478. The monoisotopic (exact) mass is 418 g/mol. The van der Waals surface area contributed by atoms with Crippen molar-refractivity contribution in [3.05, 3.63) is 58.6 Å². The smallest absolute Gasteiger partial charge is 0.161 e. The summed E-state index contributed by atoms with van der Waals surface area (Å²) < 4.78 is 11.3. The van der Waals surface area contributed by atoms with E-state index in [9.17, 15) is 5.11 Å². The Morgan fingerprint density at radius 2 is 1.93 bits per heavy atom. The van der Waals surface area contributed by atoms with Gasteiger partial charge in [-0.3, -0.25) is 0 Å². The summed E-state index contributed by atoms with van der Waals surface area (Å²) in [4.78, 5) is 2.28. The number of nitrogens with one attached hydrogen (secondary N) is 1. The van der Waals surface area contributed by atoms with Crippen molar-refractivity contribution in [2.45, 2.75) is 31.9 Å². The van der Waals surface area contributed by atoms with E-state index in [1.54, 1.807) is 7.11 Å². The van der Waals surface area contributed by atoms with Gasteiger partial charge in [0.2, 0.25) is 0 Å². The molecule has 0 unspecified atom stereocenters. The summed E-state index contributed by atoms with van der Waals surface area (Å²) in [5.41, 5.74) is 2.34. The minimum Gasteiger partial charge on any atom is -0.493 e. The Morgan fingerprint density at radius 3 is 2.69 bits per heavy atom. The Kier molecular flexibility index (Phi) is 8.62. The van der Waals surface area contributed by atoms with Gasteiger partial charge in [-0.2, -0.15) is 0 Å². The molecule has 5 nitrogen and oxygen atoms in total. The van der Waals surface area contributed by atoms with E-state index in [-0.39, 0.29) is 6.61 Å². The van der Waals surface area contributed by atoms with E-state index in [0.29, 0.717) is 18.0 Å². The van der Waals surface area contributed by atoms with Crippen LogP contribution in [-0.4, -0.2) is 56.0 Å². The third-order valence-corrected chi connectivity index (χ3v) is 5.37. The molecule has 2 aromatic carbocycles. The standard InChI is InChI=1S/C23H31ClN2O3/c1-28-23-14-19(15-25-10-9-18-5-4-6-20(24)13-18)7-8-22(23)29-17-21(27)16-26-11-2-3-12-26/h4-8,13-14,21,25,27H,2-3,9-12,15-17H2,1H3/t21-/m0/s1. The number of halogens is 1. The molecule has 158 valence electrons. The fourth-order valence-electron chi connectivity index (χ4n) is 3.60. The summed E-state index contributed by atoms with van der Waals surface area (Å²) in [7, 11) is 1.64. The molecule has 0 spiro atoms. The van der Waals surface area contributed by atoms with Gasteiger partial charge in [0.05, 0.1) is 7.11 Å². The van der Waals surface area contributed by atoms with Crippen LogP contribution >= 0.6 is 11.6 Å². The number of β-amino-alcohol motifs (C(OH)–C–C–N with tert-alkyl or cyclic N) is 1. The van der Waals surface area contributed by atoms with Crippen molar-refractivity contribution in [1.82, 2.24) is 10.2 Å². The largest absolute Gasteiger partial charge is 0.493 e. The van der Waals surface area contributed by atoms with Crippen LogP contribution in [-0.2, 0) is 13.0 Å². The summed E-state index contributed by atoms with van der Waals surface area (Å²) in [6, 6.07) is 13.9. The molecule has 0 aliphatic carbocycles. The third kappa shape index (κ3) is 7.19. The van der Waals surface area contributed by atoms with E-state index in [1.807, 2.05) is 36.4 Å². The molecule has 0 radical (unpaired) electrons. The molecule has 0 aromatic heterocycles. The van der Waals surface area contributed by atoms with Crippen molar-refractivity contribution in [1.29, 1.82) is 0 Å². The zero-order valence-corrected chi connectivity index (χ0v) is 17.8. The lowest BCUT2D eigenvalue weighted by Gasteiger charge is -2.20. The molecule has 2 aromatic rings. The first-order chi connectivity index (χ1) is 14.1. The lowest BCUT2D eigenvalue weighted by atomic mass is 10.1. The number of aliphatic hydroxyl groups is 1. The van der Waals surface area contributed by atoms with Crippen molar-refractivity contribution >= 4 is 11.6 Å². The zero-order valence-electron chi connectivity index (χ0n) is 17.1. The number of likely N-dealkylation sites (tertiary alicyclic amines) is 1. The van der Waals surface area contributed by atoms with Gasteiger partial charge in [0.1, 0.15) is 12.7 Å². The zero-order chi connectivity index (χ0) is 20.5. The number of benzene rings is 2. The Labute approximate surface area is 178 Å². The molecule has 0 amide bonds. The highest BCUT2D eigenvalue weighted by atomic mass is 35.5. The first kappa shape index (κ1) is 21.9. The lowest BCUT2D eigenvalue weighted by Crippen LogP contribution is -2.33. The van der Waals surface area contributed by atoms with Gasteiger partial charge in [0.15, 0.2) is 11.5 Å². The number of hydrogen-bond acceptors (Lipinski definition) is 5.